The Morgan fingerprint density at radius 1 is 1.14 bits per heavy atom. The minimum atomic E-state index is -0.471. The number of methoxy groups -OCH3 is 1. The van der Waals surface area contributed by atoms with E-state index in [9.17, 15) is 14.4 Å². The molecule has 0 radical (unpaired) electrons. The van der Waals surface area contributed by atoms with Crippen molar-refractivity contribution in [2.45, 2.75) is 32.7 Å². The van der Waals surface area contributed by atoms with E-state index in [4.69, 9.17) is 4.74 Å². The van der Waals surface area contributed by atoms with E-state index in [1.807, 2.05) is 13.8 Å². The molecule has 28 heavy (non-hydrogen) atoms. The van der Waals surface area contributed by atoms with Crippen molar-refractivity contribution in [3.8, 4) is 0 Å². The molecule has 0 unspecified atom stereocenters. The third-order valence-corrected chi connectivity index (χ3v) is 5.65. The first-order valence-electron chi connectivity index (χ1n) is 8.97. The Balaban J connectivity index is 1.65. The van der Waals surface area contributed by atoms with E-state index in [1.165, 1.54) is 24.5 Å². The fraction of sp³-hybridized carbons (Fsp3) is 0.286. The third kappa shape index (κ3) is 4.67. The summed E-state index contributed by atoms with van der Waals surface area (Å²) >= 11 is 1.34. The molecule has 0 atom stereocenters. The van der Waals surface area contributed by atoms with Crippen LogP contribution in [0.2, 0.25) is 0 Å². The van der Waals surface area contributed by atoms with E-state index in [2.05, 4.69) is 10.6 Å². The Kier molecular flexibility index (Phi) is 5.94. The van der Waals surface area contributed by atoms with Crippen LogP contribution in [0.5, 0.6) is 0 Å². The molecular formula is C21H22N2O4S. The second-order valence-electron chi connectivity index (χ2n) is 6.67. The number of benzene rings is 1. The smallest absolute Gasteiger partial charge is 0.341 e. The summed E-state index contributed by atoms with van der Waals surface area (Å²) in [6.45, 7) is 3.71. The van der Waals surface area contributed by atoms with E-state index in [0.717, 1.165) is 28.8 Å². The standard InChI is InChI=1S/C21H22N2O4S/c1-12-13(2)28-20(18(12)21(26)27-3)23-17(24)11-6-14-4-7-15(8-5-14)19(25)22-16-9-10-16/h4-8,11,16H,9-10H2,1-3H3,(H,22,25)(H,23,24). The summed E-state index contributed by atoms with van der Waals surface area (Å²) in [6, 6.07) is 7.35. The number of hydrogen-bond donors (Lipinski definition) is 2. The lowest BCUT2D eigenvalue weighted by atomic mass is 10.1. The number of esters is 1. The van der Waals surface area contributed by atoms with Gasteiger partial charge in [0.05, 0.1) is 12.7 Å². The van der Waals surface area contributed by atoms with Gasteiger partial charge in [0.2, 0.25) is 5.91 Å². The molecule has 1 saturated carbocycles. The third-order valence-electron chi connectivity index (χ3n) is 4.52. The maximum Gasteiger partial charge on any atom is 0.341 e. The van der Waals surface area contributed by atoms with Crippen LogP contribution in [-0.2, 0) is 9.53 Å². The molecule has 0 bridgehead atoms. The summed E-state index contributed by atoms with van der Waals surface area (Å²) in [7, 11) is 1.31. The van der Waals surface area contributed by atoms with Gasteiger partial charge in [0.1, 0.15) is 5.00 Å². The first kappa shape index (κ1) is 19.8. The summed E-state index contributed by atoms with van der Waals surface area (Å²) in [6.07, 6.45) is 5.14. The van der Waals surface area contributed by atoms with Gasteiger partial charge in [-0.05, 0) is 56.0 Å². The number of nitrogens with one attached hydrogen (secondary N) is 2. The number of amides is 2. The average molecular weight is 398 g/mol. The van der Waals surface area contributed by atoms with E-state index >= 15 is 0 Å². The maximum atomic E-state index is 12.3. The van der Waals surface area contributed by atoms with Gasteiger partial charge >= 0.3 is 5.97 Å². The second kappa shape index (κ2) is 8.39. The fourth-order valence-corrected chi connectivity index (χ4v) is 3.68. The quantitative estimate of drug-likeness (QED) is 0.574. The van der Waals surface area contributed by atoms with Gasteiger partial charge in [-0.25, -0.2) is 4.79 Å². The van der Waals surface area contributed by atoms with Crippen molar-refractivity contribution >= 4 is 40.2 Å². The number of anilines is 1. The van der Waals surface area contributed by atoms with Crippen molar-refractivity contribution in [2.75, 3.05) is 12.4 Å². The van der Waals surface area contributed by atoms with Crippen LogP contribution in [0.15, 0.2) is 30.3 Å². The SMILES string of the molecule is COC(=O)c1c(NC(=O)C=Cc2ccc(C(=O)NC3CC3)cc2)sc(C)c1C. The number of ether oxygens (including phenoxy) is 1. The Morgan fingerprint density at radius 2 is 1.82 bits per heavy atom. The molecular weight excluding hydrogens is 376 g/mol. The molecule has 6 nitrogen and oxygen atoms in total. The minimum absolute atomic E-state index is 0.0745. The number of rotatable bonds is 6. The van der Waals surface area contributed by atoms with E-state index < -0.39 is 5.97 Å². The molecule has 1 heterocycles. The highest BCUT2D eigenvalue weighted by atomic mass is 32.1. The number of hydrogen-bond acceptors (Lipinski definition) is 5. The van der Waals surface area contributed by atoms with Crippen LogP contribution in [0, 0.1) is 13.8 Å². The van der Waals surface area contributed by atoms with Crippen molar-refractivity contribution in [1.82, 2.24) is 5.32 Å². The monoisotopic (exact) mass is 398 g/mol. The number of carbonyl (C=O) groups excluding carboxylic acids is 3. The largest absolute Gasteiger partial charge is 0.465 e. The molecule has 0 spiro atoms. The summed E-state index contributed by atoms with van der Waals surface area (Å²) in [5, 5.41) is 6.15. The molecule has 1 fully saturated rings. The van der Waals surface area contributed by atoms with Gasteiger partial charge in [0, 0.05) is 22.6 Å². The molecule has 0 saturated heterocycles. The van der Waals surface area contributed by atoms with Crippen LogP contribution < -0.4 is 10.6 Å². The fourth-order valence-electron chi connectivity index (χ4n) is 2.63. The number of thiophene rings is 1. The highest BCUT2D eigenvalue weighted by molar-refractivity contribution is 7.16. The van der Waals surface area contributed by atoms with Crippen LogP contribution in [0.25, 0.3) is 6.08 Å². The van der Waals surface area contributed by atoms with Crippen LogP contribution in [-0.4, -0.2) is 30.9 Å². The highest BCUT2D eigenvalue weighted by Gasteiger charge is 2.23. The molecule has 1 aromatic heterocycles. The molecule has 0 aliphatic heterocycles. The van der Waals surface area contributed by atoms with Gasteiger partial charge in [-0.15, -0.1) is 11.3 Å². The van der Waals surface area contributed by atoms with E-state index in [0.29, 0.717) is 22.2 Å². The predicted molar refractivity (Wildman–Crippen MR) is 110 cm³/mol. The summed E-state index contributed by atoms with van der Waals surface area (Å²) in [5.41, 5.74) is 2.58. The van der Waals surface area contributed by atoms with Crippen molar-refractivity contribution in [3.05, 3.63) is 57.5 Å². The van der Waals surface area contributed by atoms with Crippen LogP contribution in [0.3, 0.4) is 0 Å². The van der Waals surface area contributed by atoms with Gasteiger partial charge in [-0.3, -0.25) is 9.59 Å². The zero-order valence-corrected chi connectivity index (χ0v) is 16.8. The van der Waals surface area contributed by atoms with Crippen LogP contribution in [0.1, 0.15) is 49.6 Å². The molecule has 146 valence electrons. The van der Waals surface area contributed by atoms with Gasteiger partial charge in [-0.2, -0.15) is 0 Å². The highest BCUT2D eigenvalue weighted by Crippen LogP contribution is 2.32. The topological polar surface area (TPSA) is 84.5 Å². The lowest BCUT2D eigenvalue weighted by Crippen LogP contribution is -2.25. The molecule has 1 aliphatic rings. The Hall–Kier alpha value is -2.93. The van der Waals surface area contributed by atoms with Gasteiger partial charge in [0.25, 0.3) is 5.91 Å². The number of carbonyl (C=O) groups is 3. The first-order valence-corrected chi connectivity index (χ1v) is 9.79. The predicted octanol–water partition coefficient (Wildman–Crippen LogP) is 3.70. The molecule has 1 aliphatic carbocycles. The lowest BCUT2D eigenvalue weighted by molar-refractivity contribution is -0.111. The summed E-state index contributed by atoms with van der Waals surface area (Å²) < 4.78 is 4.81. The zero-order valence-electron chi connectivity index (χ0n) is 16.0. The Bertz CT molecular complexity index is 940. The molecule has 7 heteroatoms. The summed E-state index contributed by atoms with van der Waals surface area (Å²) in [5.74, 6) is -0.891. The Labute approximate surface area is 167 Å². The molecule has 2 N–H and O–H groups in total. The minimum Gasteiger partial charge on any atom is -0.465 e. The van der Waals surface area contributed by atoms with Gasteiger partial charge in [-0.1, -0.05) is 12.1 Å². The van der Waals surface area contributed by atoms with Crippen molar-refractivity contribution < 1.29 is 19.1 Å². The lowest BCUT2D eigenvalue weighted by Gasteiger charge is -2.04. The molecule has 2 aromatic rings. The summed E-state index contributed by atoms with van der Waals surface area (Å²) in [4.78, 5) is 37.2. The van der Waals surface area contributed by atoms with E-state index in [-0.39, 0.29) is 11.8 Å². The van der Waals surface area contributed by atoms with E-state index in [1.54, 1.807) is 30.3 Å². The van der Waals surface area contributed by atoms with Gasteiger partial charge < -0.3 is 15.4 Å². The van der Waals surface area contributed by atoms with Crippen molar-refractivity contribution in [2.24, 2.45) is 0 Å². The average Bonchev–Trinajstić information content (AvgIpc) is 3.45. The van der Waals surface area contributed by atoms with Crippen LogP contribution in [0.4, 0.5) is 5.00 Å². The van der Waals surface area contributed by atoms with Crippen LogP contribution >= 0.6 is 11.3 Å². The second-order valence-corrected chi connectivity index (χ2v) is 7.90. The van der Waals surface area contributed by atoms with Gasteiger partial charge in [0.15, 0.2) is 0 Å². The maximum absolute atomic E-state index is 12.3. The zero-order chi connectivity index (χ0) is 20.3. The van der Waals surface area contributed by atoms with Crippen molar-refractivity contribution in [1.29, 1.82) is 0 Å². The first-order chi connectivity index (χ1) is 13.4. The number of aryl methyl sites for hydroxylation is 1. The normalized spacial score (nSPS) is 13.4. The Morgan fingerprint density at radius 3 is 2.43 bits per heavy atom. The molecule has 2 amide bonds. The molecule has 1 aromatic carbocycles. The molecule has 3 rings (SSSR count). The van der Waals surface area contributed by atoms with Crippen molar-refractivity contribution in [3.63, 3.8) is 0 Å².